The molecule has 2 amide bonds. The highest BCUT2D eigenvalue weighted by Crippen LogP contribution is 2.61. The monoisotopic (exact) mass is 826 g/mol. The molecule has 3 rings (SSSR count). The molecule has 0 aliphatic carbocycles. The molecule has 2 aromatic heterocycles. The summed E-state index contributed by atoms with van der Waals surface area (Å²) in [6.45, 7) is 2.24. The molecule has 0 radical (unpaired) electrons. The number of fused-ring (bicyclic) bond motifs is 1. The van der Waals surface area contributed by atoms with Crippen LogP contribution in [0.15, 0.2) is 12.7 Å². The topological polar surface area (TPSA) is 364 Å². The highest BCUT2D eigenvalue weighted by atomic mass is 32.2. The Morgan fingerprint density at radius 2 is 1.75 bits per heavy atom. The molecule has 0 bridgehead atoms. The first-order valence-electron chi connectivity index (χ1n) is 15.1. The van der Waals surface area contributed by atoms with Gasteiger partial charge in [0, 0.05) is 37.1 Å². The van der Waals surface area contributed by atoms with Crippen LogP contribution in [-0.2, 0) is 50.7 Å². The van der Waals surface area contributed by atoms with Gasteiger partial charge in [0.15, 0.2) is 22.8 Å². The van der Waals surface area contributed by atoms with E-state index in [1.165, 1.54) is 13.8 Å². The minimum Gasteiger partial charge on any atom is -0.386 e. The van der Waals surface area contributed by atoms with Crippen molar-refractivity contribution >= 4 is 69.1 Å². The lowest BCUT2D eigenvalue weighted by Gasteiger charge is -2.30. The number of ether oxygens (including phenoxy) is 1. The average molecular weight is 827 g/mol. The van der Waals surface area contributed by atoms with Crippen LogP contribution in [0.4, 0.5) is 5.82 Å². The number of thioether (sulfide) groups is 1. The van der Waals surface area contributed by atoms with Gasteiger partial charge >= 0.3 is 23.5 Å². The van der Waals surface area contributed by atoms with Crippen molar-refractivity contribution in [2.24, 2.45) is 5.41 Å². The molecule has 52 heavy (non-hydrogen) atoms. The van der Waals surface area contributed by atoms with Crippen molar-refractivity contribution in [1.82, 2.24) is 30.2 Å². The Bertz CT molecular complexity index is 1730. The number of amides is 2. The second-order valence-corrected chi connectivity index (χ2v) is 17.0. The van der Waals surface area contributed by atoms with Crippen LogP contribution in [0.1, 0.15) is 39.8 Å². The van der Waals surface area contributed by atoms with Gasteiger partial charge in [-0.15, -0.1) is 0 Å². The van der Waals surface area contributed by atoms with Crippen molar-refractivity contribution in [2.75, 3.05) is 37.8 Å². The number of imidazole rings is 1. The van der Waals surface area contributed by atoms with Crippen LogP contribution in [0.3, 0.4) is 0 Å². The van der Waals surface area contributed by atoms with Crippen molar-refractivity contribution in [3.63, 3.8) is 0 Å². The van der Waals surface area contributed by atoms with Crippen molar-refractivity contribution in [2.45, 2.75) is 64.3 Å². The van der Waals surface area contributed by atoms with Gasteiger partial charge in [0.2, 0.25) is 11.8 Å². The van der Waals surface area contributed by atoms with Gasteiger partial charge in [0.25, 0.3) is 0 Å². The second-order valence-electron chi connectivity index (χ2n) is 11.6. The van der Waals surface area contributed by atoms with E-state index < -0.39 is 84.6 Å². The summed E-state index contributed by atoms with van der Waals surface area (Å²) in [6.07, 6.45) is -6.52. The maximum absolute atomic E-state index is 12.6. The predicted molar refractivity (Wildman–Crippen MR) is 177 cm³/mol. The number of hydrogen-bond acceptors (Lipinski definition) is 18. The van der Waals surface area contributed by atoms with Gasteiger partial charge in [-0.25, -0.2) is 28.6 Å². The van der Waals surface area contributed by atoms with Gasteiger partial charge in [0.05, 0.1) is 19.5 Å². The number of carbonyl (C=O) groups excluding carboxylic acids is 3. The third-order valence-corrected chi connectivity index (χ3v) is 11.2. The molecule has 294 valence electrons. The van der Waals surface area contributed by atoms with Crippen LogP contribution in [-0.4, -0.2) is 123 Å². The number of nitrogens with two attached hydrogens (primary N) is 1. The normalized spacial score (nSPS) is 22.4. The molecule has 28 heteroatoms. The quantitative estimate of drug-likeness (QED) is 0.0442. The van der Waals surface area contributed by atoms with Crippen molar-refractivity contribution in [3.05, 3.63) is 12.7 Å². The zero-order chi connectivity index (χ0) is 39.1. The molecule has 2 aromatic rings. The number of carbonyl (C=O) groups is 3. The van der Waals surface area contributed by atoms with E-state index >= 15 is 0 Å². The number of aliphatic hydroxyl groups is 2. The van der Waals surface area contributed by atoms with Crippen LogP contribution in [0, 0.1) is 5.41 Å². The molecule has 1 fully saturated rings. The SMILES string of the molecule is CC(C)(COP(=O)(O)OP(=O)(O)OC[C@H]1O[C@@H](n2cnc3c(N)ncnc32)[C@H](O)[C@@H]1OP(=O)(O)O)[C@@H](O)C(=O)NCCC(=O)NCCS[13C](=O)[13CH2][13CH3]. The number of nitrogen functional groups attached to an aromatic ring is 1. The van der Waals surface area contributed by atoms with Crippen molar-refractivity contribution in [1.29, 1.82) is 0 Å². The van der Waals surface area contributed by atoms with E-state index in [-0.39, 0.29) is 41.6 Å². The van der Waals surface area contributed by atoms with Crippen LogP contribution < -0.4 is 16.4 Å². The zero-order valence-electron chi connectivity index (χ0n) is 27.8. The number of phosphoric ester groups is 3. The fraction of sp³-hybridized carbons (Fsp3) is 0.667. The van der Waals surface area contributed by atoms with E-state index in [0.717, 1.165) is 29.0 Å². The van der Waals surface area contributed by atoms with Crippen molar-refractivity contribution < 1.29 is 80.5 Å². The van der Waals surface area contributed by atoms with Crippen LogP contribution in [0.25, 0.3) is 11.2 Å². The largest absolute Gasteiger partial charge is 0.481 e. The lowest BCUT2D eigenvalue weighted by atomic mass is 9.87. The molecule has 1 aliphatic heterocycles. The lowest BCUT2D eigenvalue weighted by Crippen LogP contribution is -2.46. The summed E-state index contributed by atoms with van der Waals surface area (Å²) in [5, 5.41) is 26.2. The number of anilines is 1. The number of hydrogen-bond donors (Lipinski definition) is 9. The van der Waals surface area contributed by atoms with Gasteiger partial charge in [0.1, 0.15) is 36.3 Å². The standard InChI is InChI=1S/C24H40N7O17P3S/c1-4-15(33)52-8-7-26-14(32)5-6-27-22(36)19(35)24(2,3)10-45-51(42,43)48-50(40,41)44-9-13-18(47-49(37,38)39)17(34)23(46-13)31-12-30-16-20(25)28-11-29-21(16)31/h11-13,17-19,23,34-35H,4-10H2,1-3H3,(H,26,32)(H,27,36)(H,40,41)(H,42,43)(H2,25,28,29)(H2,37,38,39)/t13-,17-,18-,19+,23-/m1/s1/i1+1,4+1,15+1. The number of nitrogens with one attached hydrogen (secondary N) is 2. The summed E-state index contributed by atoms with van der Waals surface area (Å²) < 4.78 is 61.9. The van der Waals surface area contributed by atoms with E-state index in [2.05, 4.69) is 34.4 Å². The van der Waals surface area contributed by atoms with Crippen LogP contribution in [0.5, 0.6) is 0 Å². The van der Waals surface area contributed by atoms with Crippen LogP contribution in [0.2, 0.25) is 0 Å². The summed E-state index contributed by atoms with van der Waals surface area (Å²) in [5.41, 5.74) is 4.26. The molecular formula is C24H40N7O17P3S. The third-order valence-electron chi connectivity index (χ3n) is 7.05. The van der Waals surface area contributed by atoms with Crippen molar-refractivity contribution in [3.8, 4) is 0 Å². The summed E-state index contributed by atoms with van der Waals surface area (Å²) in [6, 6.07) is 0. The minimum atomic E-state index is -5.56. The number of nitrogens with zero attached hydrogens (tertiary/aromatic N) is 4. The molecule has 1 saturated heterocycles. The molecule has 2 unspecified atom stereocenters. The number of aliphatic hydroxyl groups excluding tert-OH is 2. The van der Waals surface area contributed by atoms with E-state index in [9.17, 15) is 57.9 Å². The number of rotatable bonds is 20. The van der Waals surface area contributed by atoms with Crippen LogP contribution >= 0.6 is 35.2 Å². The predicted octanol–water partition coefficient (Wildman–Crippen LogP) is -0.925. The minimum absolute atomic E-state index is 0.0221. The second kappa shape index (κ2) is 18.3. The van der Waals surface area contributed by atoms with Gasteiger partial charge in [-0.3, -0.25) is 32.5 Å². The zero-order valence-corrected chi connectivity index (χ0v) is 31.3. The van der Waals surface area contributed by atoms with Gasteiger partial charge in [-0.1, -0.05) is 32.5 Å². The van der Waals surface area contributed by atoms with E-state index in [4.69, 9.17) is 19.5 Å². The Morgan fingerprint density at radius 3 is 2.40 bits per heavy atom. The Hall–Kier alpha value is -2.44. The first kappa shape index (κ1) is 44.0. The molecule has 0 aromatic carbocycles. The fourth-order valence-electron chi connectivity index (χ4n) is 4.40. The molecule has 0 saturated carbocycles. The molecular weight excluding hydrogens is 786 g/mol. The van der Waals surface area contributed by atoms with Gasteiger partial charge < -0.3 is 50.9 Å². The Morgan fingerprint density at radius 1 is 1.08 bits per heavy atom. The summed E-state index contributed by atoms with van der Waals surface area (Å²) in [7, 11) is -16.4. The van der Waals surface area contributed by atoms with E-state index in [1.807, 2.05) is 0 Å². The molecule has 3 heterocycles. The molecule has 7 atom stereocenters. The number of aromatic nitrogens is 4. The highest BCUT2D eigenvalue weighted by molar-refractivity contribution is 8.13. The third kappa shape index (κ3) is 12.9. The van der Waals surface area contributed by atoms with E-state index in [1.54, 1.807) is 6.92 Å². The summed E-state index contributed by atoms with van der Waals surface area (Å²) >= 11 is 1.07. The molecule has 0 spiro atoms. The summed E-state index contributed by atoms with van der Waals surface area (Å²) in [5.74, 6) is -1.07. The molecule has 1 aliphatic rings. The maximum Gasteiger partial charge on any atom is 0.481 e. The fourth-order valence-corrected chi connectivity index (χ4v) is 7.86. The Kier molecular flexibility index (Phi) is 15.4. The lowest BCUT2D eigenvalue weighted by molar-refractivity contribution is -0.137. The molecule has 24 nitrogen and oxygen atoms in total. The smallest absolute Gasteiger partial charge is 0.386 e. The highest BCUT2D eigenvalue weighted by Gasteiger charge is 2.50. The van der Waals surface area contributed by atoms with Gasteiger partial charge in [-0.05, 0) is 0 Å². The maximum atomic E-state index is 12.6. The van der Waals surface area contributed by atoms with Gasteiger partial charge in [-0.2, -0.15) is 4.31 Å². The Balaban J connectivity index is 1.54. The first-order chi connectivity index (χ1) is 24.1. The average Bonchev–Trinajstić information content (AvgIpc) is 3.60. The summed E-state index contributed by atoms with van der Waals surface area (Å²) in [4.78, 5) is 86.4. The first-order valence-corrected chi connectivity index (χ1v) is 20.6. The number of phosphoric acid groups is 3. The Labute approximate surface area is 299 Å². The van der Waals surface area contributed by atoms with E-state index in [0.29, 0.717) is 12.2 Å². The molecule has 10 N–H and O–H groups in total.